The lowest BCUT2D eigenvalue weighted by molar-refractivity contribution is -0.132. The van der Waals surface area contributed by atoms with Crippen molar-refractivity contribution in [3.05, 3.63) is 94.8 Å². The molecule has 0 bridgehead atoms. The monoisotopic (exact) mass is 528 g/mol. The van der Waals surface area contributed by atoms with E-state index >= 15 is 0 Å². The molecule has 39 heavy (non-hydrogen) atoms. The standard InChI is InChI=1S/C31H32N2O6/c1-6-16-39-30(37)19-9-12-22(13-10-19)33-26(20-8-7-15-32-18-20)25(28(35)29(33)36)27(34)23-17-21(31(2,3)4)11-14-24(23)38-5/h7-15,17-18,26,34H,6,16H2,1-5H3/b27-25+. The Morgan fingerprint density at radius 2 is 1.79 bits per heavy atom. The van der Waals surface area contributed by atoms with Crippen molar-refractivity contribution in [2.45, 2.75) is 45.6 Å². The van der Waals surface area contributed by atoms with Crippen LogP contribution in [0, 0.1) is 0 Å². The van der Waals surface area contributed by atoms with Gasteiger partial charge < -0.3 is 14.6 Å². The largest absolute Gasteiger partial charge is 0.507 e. The van der Waals surface area contributed by atoms with Gasteiger partial charge in [0.15, 0.2) is 0 Å². The number of pyridine rings is 1. The molecule has 202 valence electrons. The molecule has 1 unspecified atom stereocenters. The van der Waals surface area contributed by atoms with Crippen LogP contribution in [0.5, 0.6) is 5.75 Å². The van der Waals surface area contributed by atoms with Crippen molar-refractivity contribution >= 4 is 29.1 Å². The van der Waals surface area contributed by atoms with Crippen molar-refractivity contribution in [1.29, 1.82) is 0 Å². The molecule has 0 radical (unpaired) electrons. The van der Waals surface area contributed by atoms with E-state index in [-0.39, 0.29) is 16.7 Å². The Morgan fingerprint density at radius 3 is 2.38 bits per heavy atom. The Hall–Kier alpha value is -4.46. The number of esters is 1. The third-order valence-corrected chi connectivity index (χ3v) is 6.58. The van der Waals surface area contributed by atoms with E-state index in [9.17, 15) is 19.5 Å². The number of aliphatic hydroxyl groups excluding tert-OH is 1. The first-order valence-electron chi connectivity index (χ1n) is 12.8. The number of ether oxygens (including phenoxy) is 2. The van der Waals surface area contributed by atoms with Crippen molar-refractivity contribution < 1.29 is 29.0 Å². The van der Waals surface area contributed by atoms with Gasteiger partial charge in [-0.15, -0.1) is 0 Å². The average molecular weight is 529 g/mol. The molecular weight excluding hydrogens is 496 g/mol. The molecule has 3 aromatic rings. The molecule has 1 saturated heterocycles. The van der Waals surface area contributed by atoms with Gasteiger partial charge in [0.25, 0.3) is 11.7 Å². The summed E-state index contributed by atoms with van der Waals surface area (Å²) >= 11 is 0. The van der Waals surface area contributed by atoms with E-state index in [1.165, 1.54) is 12.0 Å². The van der Waals surface area contributed by atoms with E-state index in [1.807, 2.05) is 33.8 Å². The highest BCUT2D eigenvalue weighted by atomic mass is 16.5. The Kier molecular flexibility index (Phi) is 7.85. The fourth-order valence-electron chi connectivity index (χ4n) is 4.49. The lowest BCUT2D eigenvalue weighted by atomic mass is 9.85. The van der Waals surface area contributed by atoms with Crippen LogP contribution in [-0.4, -0.2) is 41.5 Å². The zero-order valence-corrected chi connectivity index (χ0v) is 22.7. The van der Waals surface area contributed by atoms with Crippen LogP contribution >= 0.6 is 0 Å². The van der Waals surface area contributed by atoms with E-state index in [0.717, 1.165) is 5.56 Å². The molecule has 1 N–H and O–H groups in total. The van der Waals surface area contributed by atoms with Gasteiger partial charge in [0.2, 0.25) is 0 Å². The number of benzene rings is 2. The van der Waals surface area contributed by atoms with Crippen molar-refractivity contribution in [1.82, 2.24) is 4.98 Å². The average Bonchev–Trinajstić information content (AvgIpc) is 3.21. The SMILES string of the molecule is CCCOC(=O)c1ccc(N2C(=O)C(=O)/C(=C(/O)c3cc(C(C)(C)C)ccc3OC)C2c2cccnc2)cc1. The lowest BCUT2D eigenvalue weighted by Gasteiger charge is -2.26. The van der Waals surface area contributed by atoms with Crippen LogP contribution in [0.15, 0.2) is 72.6 Å². The number of hydrogen-bond donors (Lipinski definition) is 1. The summed E-state index contributed by atoms with van der Waals surface area (Å²) in [6, 6.07) is 14.1. The van der Waals surface area contributed by atoms with E-state index in [0.29, 0.717) is 41.2 Å². The van der Waals surface area contributed by atoms with Crippen molar-refractivity contribution in [3.63, 3.8) is 0 Å². The summed E-state index contributed by atoms with van der Waals surface area (Å²) in [5.74, 6) is -2.09. The molecule has 0 spiro atoms. The van der Waals surface area contributed by atoms with E-state index in [2.05, 4.69) is 4.98 Å². The minimum absolute atomic E-state index is 0.0798. The molecular formula is C31H32N2O6. The predicted molar refractivity (Wildman–Crippen MR) is 148 cm³/mol. The van der Waals surface area contributed by atoms with Gasteiger partial charge in [-0.3, -0.25) is 19.5 Å². The van der Waals surface area contributed by atoms with Crippen molar-refractivity contribution in [2.24, 2.45) is 0 Å². The minimum Gasteiger partial charge on any atom is -0.507 e. The highest BCUT2D eigenvalue weighted by Crippen LogP contribution is 2.43. The number of ketones is 1. The number of methoxy groups -OCH3 is 1. The molecule has 8 nitrogen and oxygen atoms in total. The number of anilines is 1. The molecule has 0 saturated carbocycles. The summed E-state index contributed by atoms with van der Waals surface area (Å²) in [4.78, 5) is 44.8. The van der Waals surface area contributed by atoms with Gasteiger partial charge in [-0.2, -0.15) is 0 Å². The van der Waals surface area contributed by atoms with E-state index < -0.39 is 23.7 Å². The van der Waals surface area contributed by atoms with Crippen LogP contribution < -0.4 is 9.64 Å². The first kappa shape index (κ1) is 27.6. The summed E-state index contributed by atoms with van der Waals surface area (Å²) in [5, 5.41) is 11.6. The Bertz CT molecular complexity index is 1420. The van der Waals surface area contributed by atoms with Gasteiger partial charge in [0.05, 0.1) is 36.5 Å². The van der Waals surface area contributed by atoms with Crippen molar-refractivity contribution in [3.8, 4) is 5.75 Å². The number of carbonyl (C=O) groups is 3. The van der Waals surface area contributed by atoms with Gasteiger partial charge in [-0.1, -0.05) is 39.8 Å². The Balaban J connectivity index is 1.88. The number of amides is 1. The quantitative estimate of drug-likeness (QED) is 0.185. The number of rotatable bonds is 7. The Labute approximate surface area is 227 Å². The molecule has 2 aromatic carbocycles. The molecule has 1 aliphatic heterocycles. The van der Waals surface area contributed by atoms with Crippen LogP contribution in [0.25, 0.3) is 5.76 Å². The van der Waals surface area contributed by atoms with Crippen LogP contribution in [-0.2, 0) is 19.7 Å². The first-order chi connectivity index (χ1) is 18.6. The summed E-state index contributed by atoms with van der Waals surface area (Å²) in [5.41, 5.74) is 2.15. The maximum atomic E-state index is 13.5. The highest BCUT2D eigenvalue weighted by Gasteiger charge is 2.47. The molecule has 1 fully saturated rings. The number of aromatic nitrogens is 1. The normalized spacial score (nSPS) is 16.8. The predicted octanol–water partition coefficient (Wildman–Crippen LogP) is 5.58. The van der Waals surface area contributed by atoms with Gasteiger partial charge in [0, 0.05) is 18.1 Å². The topological polar surface area (TPSA) is 106 Å². The van der Waals surface area contributed by atoms with Crippen LogP contribution in [0.1, 0.15) is 67.2 Å². The van der Waals surface area contributed by atoms with Gasteiger partial charge in [-0.05, 0) is 65.4 Å². The third kappa shape index (κ3) is 5.41. The number of Topliss-reactive ketones (excluding diaryl/α,β-unsaturated/α-hetero) is 1. The second kappa shape index (κ2) is 11.1. The summed E-state index contributed by atoms with van der Waals surface area (Å²) in [6.07, 6.45) is 3.83. The lowest BCUT2D eigenvalue weighted by Crippen LogP contribution is -2.29. The van der Waals surface area contributed by atoms with Crippen molar-refractivity contribution in [2.75, 3.05) is 18.6 Å². The minimum atomic E-state index is -0.959. The fourth-order valence-corrected chi connectivity index (χ4v) is 4.49. The zero-order chi connectivity index (χ0) is 28.3. The molecule has 1 aromatic heterocycles. The van der Waals surface area contributed by atoms with Crippen LogP contribution in [0.3, 0.4) is 0 Å². The Morgan fingerprint density at radius 1 is 1.08 bits per heavy atom. The molecule has 2 heterocycles. The number of aliphatic hydroxyl groups is 1. The van der Waals surface area contributed by atoms with Crippen LogP contribution in [0.4, 0.5) is 5.69 Å². The zero-order valence-electron chi connectivity index (χ0n) is 22.7. The highest BCUT2D eigenvalue weighted by molar-refractivity contribution is 6.51. The summed E-state index contributed by atoms with van der Waals surface area (Å²) in [7, 11) is 1.48. The second-order valence-corrected chi connectivity index (χ2v) is 10.3. The molecule has 1 amide bonds. The molecule has 8 heteroatoms. The van der Waals surface area contributed by atoms with Gasteiger partial charge in [-0.25, -0.2) is 4.79 Å². The maximum absolute atomic E-state index is 13.5. The number of nitrogens with zero attached hydrogens (tertiary/aromatic N) is 2. The maximum Gasteiger partial charge on any atom is 0.338 e. The fraction of sp³-hybridized carbons (Fsp3) is 0.290. The smallest absolute Gasteiger partial charge is 0.338 e. The van der Waals surface area contributed by atoms with Crippen LogP contribution in [0.2, 0.25) is 0 Å². The summed E-state index contributed by atoms with van der Waals surface area (Å²) in [6.45, 7) is 8.31. The van der Waals surface area contributed by atoms with Gasteiger partial charge >= 0.3 is 5.97 Å². The molecule has 1 aliphatic rings. The van der Waals surface area contributed by atoms with Gasteiger partial charge in [0.1, 0.15) is 11.5 Å². The first-order valence-corrected chi connectivity index (χ1v) is 12.8. The van der Waals surface area contributed by atoms with E-state index in [1.54, 1.807) is 60.9 Å². The third-order valence-electron chi connectivity index (χ3n) is 6.58. The summed E-state index contributed by atoms with van der Waals surface area (Å²) < 4.78 is 10.7. The number of hydrogen-bond acceptors (Lipinski definition) is 7. The van der Waals surface area contributed by atoms with E-state index in [4.69, 9.17) is 9.47 Å². The molecule has 1 atom stereocenters. The number of carbonyl (C=O) groups excluding carboxylic acids is 3. The molecule has 0 aliphatic carbocycles. The second-order valence-electron chi connectivity index (χ2n) is 10.3. The molecule has 4 rings (SSSR count).